The van der Waals surface area contributed by atoms with E-state index in [1.807, 2.05) is 24.3 Å². The number of ether oxygens (including phenoxy) is 1. The van der Waals surface area contributed by atoms with Gasteiger partial charge in [0.2, 0.25) is 0 Å². The van der Waals surface area contributed by atoms with E-state index in [0.717, 1.165) is 25.3 Å². The number of nitrogens with one attached hydrogen (secondary N) is 1. The van der Waals surface area contributed by atoms with Crippen LogP contribution in [0.5, 0.6) is 5.75 Å². The highest BCUT2D eigenvalue weighted by Gasteiger charge is 2.09. The van der Waals surface area contributed by atoms with Gasteiger partial charge in [-0.1, -0.05) is 30.3 Å². The van der Waals surface area contributed by atoms with E-state index < -0.39 is 5.91 Å². The van der Waals surface area contributed by atoms with Crippen LogP contribution in [0.2, 0.25) is 0 Å². The zero-order chi connectivity index (χ0) is 16.7. The number of likely N-dealkylation sites (N-methyl/N-ethyl adjacent to an activating group) is 1. The Morgan fingerprint density at radius 3 is 2.61 bits per heavy atom. The van der Waals surface area contributed by atoms with Crippen LogP contribution in [0.3, 0.4) is 0 Å². The number of methoxy groups -OCH3 is 1. The van der Waals surface area contributed by atoms with Crippen molar-refractivity contribution < 1.29 is 9.53 Å². The third-order valence-electron chi connectivity index (χ3n) is 3.58. The number of anilines is 1. The molecule has 0 radical (unpaired) electrons. The number of benzene rings is 2. The number of hydrogen-bond donors (Lipinski definition) is 2. The van der Waals surface area contributed by atoms with Crippen LogP contribution in [-0.4, -0.2) is 38.1 Å². The van der Waals surface area contributed by atoms with Gasteiger partial charge in [-0.2, -0.15) is 0 Å². The molecule has 0 heterocycles. The fraction of sp³-hybridized carbons (Fsp3) is 0.278. The first-order valence-corrected chi connectivity index (χ1v) is 7.54. The Hall–Kier alpha value is -2.53. The highest BCUT2D eigenvalue weighted by atomic mass is 16.5. The van der Waals surface area contributed by atoms with Gasteiger partial charge in [0.25, 0.3) is 5.91 Å². The van der Waals surface area contributed by atoms with Crippen molar-refractivity contribution >= 4 is 11.6 Å². The van der Waals surface area contributed by atoms with E-state index >= 15 is 0 Å². The molecule has 0 bridgehead atoms. The van der Waals surface area contributed by atoms with Crippen molar-refractivity contribution in [2.75, 3.05) is 32.6 Å². The minimum absolute atomic E-state index is 0.388. The van der Waals surface area contributed by atoms with E-state index in [4.69, 9.17) is 10.5 Å². The second-order valence-corrected chi connectivity index (χ2v) is 5.43. The number of amides is 1. The number of carbonyl (C=O) groups excluding carboxylic acids is 1. The summed E-state index contributed by atoms with van der Waals surface area (Å²) >= 11 is 0. The van der Waals surface area contributed by atoms with Crippen molar-refractivity contribution in [1.82, 2.24) is 4.90 Å². The zero-order valence-electron chi connectivity index (χ0n) is 13.6. The van der Waals surface area contributed by atoms with E-state index in [0.29, 0.717) is 11.3 Å². The Morgan fingerprint density at radius 1 is 1.22 bits per heavy atom. The molecule has 23 heavy (non-hydrogen) atoms. The maximum absolute atomic E-state index is 11.3. The zero-order valence-corrected chi connectivity index (χ0v) is 13.6. The summed E-state index contributed by atoms with van der Waals surface area (Å²) in [5.41, 5.74) is 7.89. The molecule has 2 aromatic carbocycles. The molecule has 0 aliphatic heterocycles. The Labute approximate surface area is 137 Å². The third-order valence-corrected chi connectivity index (χ3v) is 3.58. The lowest BCUT2D eigenvalue weighted by molar-refractivity contribution is 0.0997. The van der Waals surface area contributed by atoms with Gasteiger partial charge in [-0.15, -0.1) is 0 Å². The van der Waals surface area contributed by atoms with Gasteiger partial charge in [-0.05, 0) is 24.7 Å². The van der Waals surface area contributed by atoms with Gasteiger partial charge < -0.3 is 20.7 Å². The van der Waals surface area contributed by atoms with Crippen molar-refractivity contribution in [3.63, 3.8) is 0 Å². The molecule has 0 atom stereocenters. The summed E-state index contributed by atoms with van der Waals surface area (Å²) in [7, 11) is 3.62. The second-order valence-electron chi connectivity index (χ2n) is 5.43. The molecular formula is C18H23N3O2. The number of hydrogen-bond acceptors (Lipinski definition) is 4. The van der Waals surface area contributed by atoms with Gasteiger partial charge in [0.1, 0.15) is 5.75 Å². The summed E-state index contributed by atoms with van der Waals surface area (Å²) < 4.78 is 5.20. The monoisotopic (exact) mass is 313 g/mol. The first-order valence-electron chi connectivity index (χ1n) is 7.54. The van der Waals surface area contributed by atoms with Gasteiger partial charge >= 0.3 is 0 Å². The van der Waals surface area contributed by atoms with Crippen LogP contribution in [0, 0.1) is 0 Å². The van der Waals surface area contributed by atoms with Crippen LogP contribution in [-0.2, 0) is 6.54 Å². The lowest BCUT2D eigenvalue weighted by Crippen LogP contribution is -2.24. The quantitative estimate of drug-likeness (QED) is 0.785. The Bertz CT molecular complexity index is 644. The highest BCUT2D eigenvalue weighted by Crippen LogP contribution is 2.22. The maximum Gasteiger partial charge on any atom is 0.252 e. The lowest BCUT2D eigenvalue weighted by Gasteiger charge is -2.18. The van der Waals surface area contributed by atoms with Crippen molar-refractivity contribution in [3.05, 3.63) is 59.7 Å². The Balaban J connectivity index is 1.85. The van der Waals surface area contributed by atoms with Crippen molar-refractivity contribution in [1.29, 1.82) is 0 Å². The molecule has 0 fully saturated rings. The van der Waals surface area contributed by atoms with Gasteiger partial charge in [-0.3, -0.25) is 4.79 Å². The van der Waals surface area contributed by atoms with Crippen molar-refractivity contribution in [2.45, 2.75) is 6.54 Å². The fourth-order valence-electron chi connectivity index (χ4n) is 2.37. The molecule has 0 spiro atoms. The maximum atomic E-state index is 11.3. The standard InChI is InChI=1S/C18H23N3O2/c1-21(13-14-6-4-3-5-7-14)11-10-20-15-8-9-16(18(19)22)17(12-15)23-2/h3-9,12,20H,10-11,13H2,1-2H3,(H2,19,22). The fourth-order valence-corrected chi connectivity index (χ4v) is 2.37. The number of nitrogens with zero attached hydrogens (tertiary/aromatic N) is 1. The summed E-state index contributed by atoms with van der Waals surface area (Å²) in [4.78, 5) is 13.5. The molecular weight excluding hydrogens is 290 g/mol. The number of nitrogens with two attached hydrogens (primary N) is 1. The third kappa shape index (κ3) is 5.00. The van der Waals surface area contributed by atoms with E-state index in [1.54, 1.807) is 12.1 Å². The average molecular weight is 313 g/mol. The summed E-state index contributed by atoms with van der Waals surface area (Å²) in [6, 6.07) is 15.7. The van der Waals surface area contributed by atoms with Crippen LogP contribution in [0.25, 0.3) is 0 Å². The molecule has 0 aromatic heterocycles. The SMILES string of the molecule is COc1cc(NCCN(C)Cc2ccccc2)ccc1C(N)=O. The lowest BCUT2D eigenvalue weighted by atomic mass is 10.1. The largest absolute Gasteiger partial charge is 0.496 e. The Morgan fingerprint density at radius 2 is 1.96 bits per heavy atom. The molecule has 3 N–H and O–H groups in total. The molecule has 5 nitrogen and oxygen atoms in total. The van der Waals surface area contributed by atoms with Crippen LogP contribution in [0.1, 0.15) is 15.9 Å². The molecule has 0 aliphatic rings. The molecule has 0 aliphatic carbocycles. The van der Waals surface area contributed by atoms with Gasteiger partial charge in [0, 0.05) is 31.4 Å². The van der Waals surface area contributed by atoms with Gasteiger partial charge in [0.15, 0.2) is 0 Å². The first-order chi connectivity index (χ1) is 11.1. The minimum Gasteiger partial charge on any atom is -0.496 e. The summed E-state index contributed by atoms with van der Waals surface area (Å²) in [5.74, 6) is -0.00358. The van der Waals surface area contributed by atoms with Crippen LogP contribution in [0.4, 0.5) is 5.69 Å². The highest BCUT2D eigenvalue weighted by molar-refractivity contribution is 5.96. The molecule has 5 heteroatoms. The number of rotatable bonds is 8. The molecule has 122 valence electrons. The Kier molecular flexibility index (Phi) is 6.00. The predicted octanol–water partition coefficient (Wildman–Crippen LogP) is 2.34. The van der Waals surface area contributed by atoms with Gasteiger partial charge in [-0.25, -0.2) is 0 Å². The molecule has 2 rings (SSSR count). The van der Waals surface area contributed by atoms with E-state index in [-0.39, 0.29) is 0 Å². The molecule has 0 saturated heterocycles. The molecule has 2 aromatic rings. The van der Waals surface area contributed by atoms with Crippen LogP contribution >= 0.6 is 0 Å². The first kappa shape index (κ1) is 16.8. The number of primary amides is 1. The molecule has 0 unspecified atom stereocenters. The van der Waals surface area contributed by atoms with Crippen molar-refractivity contribution in [2.24, 2.45) is 5.73 Å². The van der Waals surface area contributed by atoms with E-state index in [9.17, 15) is 4.79 Å². The van der Waals surface area contributed by atoms with E-state index in [1.165, 1.54) is 12.7 Å². The normalized spacial score (nSPS) is 10.6. The summed E-state index contributed by atoms with van der Waals surface area (Å²) in [6.45, 7) is 2.60. The smallest absolute Gasteiger partial charge is 0.252 e. The van der Waals surface area contributed by atoms with E-state index in [2.05, 4.69) is 29.4 Å². The van der Waals surface area contributed by atoms with Crippen LogP contribution in [0.15, 0.2) is 48.5 Å². The second kappa shape index (κ2) is 8.19. The van der Waals surface area contributed by atoms with Crippen molar-refractivity contribution in [3.8, 4) is 5.75 Å². The molecule has 1 amide bonds. The van der Waals surface area contributed by atoms with Crippen LogP contribution < -0.4 is 15.8 Å². The van der Waals surface area contributed by atoms with Gasteiger partial charge in [0.05, 0.1) is 12.7 Å². The molecule has 0 saturated carbocycles. The minimum atomic E-state index is -0.490. The summed E-state index contributed by atoms with van der Waals surface area (Å²) in [6.07, 6.45) is 0. The summed E-state index contributed by atoms with van der Waals surface area (Å²) in [5, 5.41) is 3.33. The number of carbonyl (C=O) groups is 1. The predicted molar refractivity (Wildman–Crippen MR) is 92.8 cm³/mol. The topological polar surface area (TPSA) is 67.6 Å². The average Bonchev–Trinajstić information content (AvgIpc) is 2.55.